The molecule has 1 atom stereocenters. The number of carbonyl (C=O) groups excluding carboxylic acids is 1. The van der Waals surface area contributed by atoms with Crippen molar-refractivity contribution in [3.05, 3.63) is 63.3 Å². The molecule has 0 fully saturated rings. The number of nitrogens with one attached hydrogen (secondary N) is 1. The summed E-state index contributed by atoms with van der Waals surface area (Å²) < 4.78 is 17.7. The molecule has 0 radical (unpaired) electrons. The number of fused-ring (bicyclic) bond motifs is 1. The average molecular weight is 466 g/mol. The Morgan fingerprint density at radius 1 is 1.15 bits per heavy atom. The molecule has 12 heteroatoms. The van der Waals surface area contributed by atoms with Crippen LogP contribution in [0.5, 0.6) is 17.2 Å². The fourth-order valence-corrected chi connectivity index (χ4v) is 3.92. The van der Waals surface area contributed by atoms with Crippen molar-refractivity contribution in [1.82, 2.24) is 14.8 Å². The highest BCUT2D eigenvalue weighted by molar-refractivity contribution is 5.95. The molecular formula is C22H22N6O6. The minimum absolute atomic E-state index is 0.121. The molecule has 2 heterocycles. The van der Waals surface area contributed by atoms with Crippen LogP contribution in [0.25, 0.3) is 11.4 Å². The minimum Gasteiger partial charge on any atom is -0.493 e. The number of allylic oxidation sites excluding steroid dienone is 1. The normalized spacial score (nSPS) is 14.8. The van der Waals surface area contributed by atoms with Crippen molar-refractivity contribution in [2.45, 2.75) is 13.0 Å². The molecule has 3 aromatic rings. The summed E-state index contributed by atoms with van der Waals surface area (Å²) in [6.07, 6.45) is 0. The molecule has 1 aliphatic rings. The highest BCUT2D eigenvalue weighted by atomic mass is 16.6. The second-order valence-corrected chi connectivity index (χ2v) is 7.40. The smallest absolute Gasteiger partial charge is 0.269 e. The third kappa shape index (κ3) is 3.74. The number of amides is 1. The van der Waals surface area contributed by atoms with Crippen molar-refractivity contribution in [2.75, 3.05) is 26.6 Å². The maximum atomic E-state index is 12.4. The molecule has 176 valence electrons. The van der Waals surface area contributed by atoms with Gasteiger partial charge in [0.05, 0.1) is 31.8 Å². The summed E-state index contributed by atoms with van der Waals surface area (Å²) in [7, 11) is 4.50. The van der Waals surface area contributed by atoms with Crippen LogP contribution in [-0.2, 0) is 4.79 Å². The van der Waals surface area contributed by atoms with Crippen LogP contribution in [0.4, 0.5) is 11.6 Å². The standard InChI is InChI=1S/C22H22N6O6/c1-11-17(20(23)29)18(12-6-5-7-14(8-12)28(30)31)27-22(24-11)25-21(26-27)13-9-15(32-2)19(34-4)16(10-13)33-3/h5-10,18H,1-4H3,(H2,23,29)(H,24,25,26). The van der Waals surface area contributed by atoms with E-state index in [0.717, 1.165) is 0 Å². The molecule has 0 spiro atoms. The zero-order valence-corrected chi connectivity index (χ0v) is 18.9. The van der Waals surface area contributed by atoms with Gasteiger partial charge in [0.15, 0.2) is 17.3 Å². The highest BCUT2D eigenvalue weighted by Gasteiger charge is 2.34. The second-order valence-electron chi connectivity index (χ2n) is 7.40. The monoisotopic (exact) mass is 466 g/mol. The van der Waals surface area contributed by atoms with Crippen LogP contribution in [0.2, 0.25) is 0 Å². The zero-order chi connectivity index (χ0) is 24.6. The Bertz CT molecular complexity index is 1310. The van der Waals surface area contributed by atoms with Gasteiger partial charge in [0.2, 0.25) is 17.6 Å². The second kappa shape index (κ2) is 8.73. The predicted molar refractivity (Wildman–Crippen MR) is 122 cm³/mol. The Labute approximate surface area is 194 Å². The van der Waals surface area contributed by atoms with Crippen LogP contribution < -0.4 is 25.3 Å². The van der Waals surface area contributed by atoms with Gasteiger partial charge in [0.1, 0.15) is 6.04 Å². The molecule has 1 unspecified atom stereocenters. The Hall–Kier alpha value is -4.61. The number of carbonyl (C=O) groups is 1. The molecule has 0 aliphatic carbocycles. The SMILES string of the molecule is COc1cc(-c2nc3n(n2)C(c2cccc([N+](=O)[O-])c2)C(C(N)=O)=C(C)N3)cc(OC)c1OC. The van der Waals surface area contributed by atoms with E-state index in [-0.39, 0.29) is 11.3 Å². The van der Waals surface area contributed by atoms with Crippen LogP contribution in [0, 0.1) is 10.1 Å². The lowest BCUT2D eigenvalue weighted by molar-refractivity contribution is -0.384. The maximum Gasteiger partial charge on any atom is 0.269 e. The average Bonchev–Trinajstić information content (AvgIpc) is 3.25. The molecule has 4 rings (SSSR count). The molecule has 0 bridgehead atoms. The zero-order valence-electron chi connectivity index (χ0n) is 18.9. The number of nitrogens with zero attached hydrogens (tertiary/aromatic N) is 4. The number of nitrogens with two attached hydrogens (primary N) is 1. The first-order valence-electron chi connectivity index (χ1n) is 10.1. The van der Waals surface area contributed by atoms with E-state index in [1.54, 1.807) is 31.2 Å². The lowest BCUT2D eigenvalue weighted by Crippen LogP contribution is -2.31. The first kappa shape index (κ1) is 22.6. The number of primary amides is 1. The van der Waals surface area contributed by atoms with E-state index in [1.165, 1.54) is 38.1 Å². The molecule has 12 nitrogen and oxygen atoms in total. The van der Waals surface area contributed by atoms with Crippen molar-refractivity contribution < 1.29 is 23.9 Å². The van der Waals surface area contributed by atoms with Crippen molar-refractivity contribution in [1.29, 1.82) is 0 Å². The Balaban J connectivity index is 1.90. The number of rotatable bonds is 7. The van der Waals surface area contributed by atoms with Gasteiger partial charge in [-0.05, 0) is 24.6 Å². The van der Waals surface area contributed by atoms with Gasteiger partial charge >= 0.3 is 0 Å². The van der Waals surface area contributed by atoms with Gasteiger partial charge in [-0.25, -0.2) is 4.68 Å². The largest absolute Gasteiger partial charge is 0.493 e. The minimum atomic E-state index is -0.822. The van der Waals surface area contributed by atoms with Crippen LogP contribution >= 0.6 is 0 Å². The van der Waals surface area contributed by atoms with Crippen LogP contribution in [0.3, 0.4) is 0 Å². The third-order valence-corrected chi connectivity index (χ3v) is 5.44. The summed E-state index contributed by atoms with van der Waals surface area (Å²) in [6.45, 7) is 1.68. The lowest BCUT2D eigenvalue weighted by atomic mass is 9.95. The maximum absolute atomic E-state index is 12.4. The summed E-state index contributed by atoms with van der Waals surface area (Å²) >= 11 is 0. The van der Waals surface area contributed by atoms with E-state index < -0.39 is 16.9 Å². The first-order chi connectivity index (χ1) is 16.3. The number of benzene rings is 2. The van der Waals surface area contributed by atoms with Crippen molar-refractivity contribution in [2.24, 2.45) is 5.73 Å². The molecule has 2 aromatic carbocycles. The van der Waals surface area contributed by atoms with Gasteiger partial charge in [-0.3, -0.25) is 14.9 Å². The van der Waals surface area contributed by atoms with Crippen molar-refractivity contribution in [3.63, 3.8) is 0 Å². The van der Waals surface area contributed by atoms with E-state index in [2.05, 4.69) is 15.4 Å². The van der Waals surface area contributed by atoms with Crippen LogP contribution in [0.1, 0.15) is 18.5 Å². The lowest BCUT2D eigenvalue weighted by Gasteiger charge is -2.27. The van der Waals surface area contributed by atoms with Gasteiger partial charge in [-0.1, -0.05) is 12.1 Å². The first-order valence-corrected chi connectivity index (χ1v) is 10.1. The van der Waals surface area contributed by atoms with Gasteiger partial charge in [-0.2, -0.15) is 4.98 Å². The van der Waals surface area contributed by atoms with Crippen molar-refractivity contribution >= 4 is 17.5 Å². The number of methoxy groups -OCH3 is 3. The summed E-state index contributed by atoms with van der Waals surface area (Å²) in [4.78, 5) is 27.8. The number of hydrogen-bond donors (Lipinski definition) is 2. The number of non-ortho nitro benzene ring substituents is 1. The fourth-order valence-electron chi connectivity index (χ4n) is 3.92. The van der Waals surface area contributed by atoms with Gasteiger partial charge in [0.25, 0.3) is 5.69 Å². The van der Waals surface area contributed by atoms with Crippen LogP contribution in [-0.4, -0.2) is 46.9 Å². The number of nitro benzene ring substituents is 1. The number of nitro groups is 1. The summed E-state index contributed by atoms with van der Waals surface area (Å²) in [5.74, 6) is 1.20. The van der Waals surface area contributed by atoms with Crippen LogP contribution in [0.15, 0.2) is 47.7 Å². The Morgan fingerprint density at radius 2 is 1.82 bits per heavy atom. The molecule has 1 aliphatic heterocycles. The van der Waals surface area contributed by atoms with E-state index in [9.17, 15) is 14.9 Å². The Morgan fingerprint density at radius 3 is 2.38 bits per heavy atom. The summed E-state index contributed by atoms with van der Waals surface area (Å²) in [5, 5.41) is 19.0. The third-order valence-electron chi connectivity index (χ3n) is 5.44. The number of hydrogen-bond acceptors (Lipinski definition) is 9. The quantitative estimate of drug-likeness (QED) is 0.394. The molecule has 0 saturated carbocycles. The van der Waals surface area contributed by atoms with E-state index >= 15 is 0 Å². The number of ether oxygens (including phenoxy) is 3. The Kier molecular flexibility index (Phi) is 5.80. The molecule has 34 heavy (non-hydrogen) atoms. The van der Waals surface area contributed by atoms with E-state index in [4.69, 9.17) is 19.9 Å². The number of aromatic nitrogens is 3. The molecular weight excluding hydrogens is 444 g/mol. The van der Waals surface area contributed by atoms with E-state index in [0.29, 0.717) is 45.8 Å². The highest BCUT2D eigenvalue weighted by Crippen LogP contribution is 2.42. The summed E-state index contributed by atoms with van der Waals surface area (Å²) in [5.41, 5.74) is 7.28. The molecule has 1 amide bonds. The van der Waals surface area contributed by atoms with Gasteiger partial charge < -0.3 is 25.3 Å². The topological polar surface area (TPSA) is 157 Å². The van der Waals surface area contributed by atoms with Gasteiger partial charge in [0, 0.05) is 23.4 Å². The van der Waals surface area contributed by atoms with Crippen molar-refractivity contribution in [3.8, 4) is 28.6 Å². The molecule has 0 saturated heterocycles. The predicted octanol–water partition coefficient (Wildman–Crippen LogP) is 2.65. The van der Waals surface area contributed by atoms with E-state index in [1.807, 2.05) is 0 Å². The molecule has 1 aromatic heterocycles. The number of anilines is 1. The fraction of sp³-hybridized carbons (Fsp3) is 0.227. The van der Waals surface area contributed by atoms with Gasteiger partial charge in [-0.15, -0.1) is 5.10 Å². The summed E-state index contributed by atoms with van der Waals surface area (Å²) in [6, 6.07) is 8.53. The molecule has 3 N–H and O–H groups in total.